The lowest BCUT2D eigenvalue weighted by atomic mass is 9.84. The van der Waals surface area contributed by atoms with E-state index in [-0.39, 0.29) is 42.7 Å². The van der Waals surface area contributed by atoms with Crippen LogP contribution in [0.3, 0.4) is 0 Å². The number of aliphatic hydroxyl groups is 1. The van der Waals surface area contributed by atoms with Crippen LogP contribution >= 0.6 is 0 Å². The molecule has 0 radical (unpaired) electrons. The number of hydrogen-bond acceptors (Lipinski definition) is 8. The number of nitrogens with zero attached hydrogens (tertiary/aromatic N) is 2. The molecule has 10 nitrogen and oxygen atoms in total. The van der Waals surface area contributed by atoms with Crippen molar-refractivity contribution < 1.29 is 29.0 Å². The summed E-state index contributed by atoms with van der Waals surface area (Å²) < 4.78 is 5.02. The van der Waals surface area contributed by atoms with Gasteiger partial charge < -0.3 is 20.5 Å². The average Bonchev–Trinajstić information content (AvgIpc) is 3.50. The number of amides is 3. The molecule has 3 N–H and O–H groups in total. The number of rotatable bonds is 5. The summed E-state index contributed by atoms with van der Waals surface area (Å²) in [6.07, 6.45) is 3.25. The molecule has 1 aromatic carbocycles. The molecule has 0 saturated carbocycles. The highest BCUT2D eigenvalue weighted by atomic mass is 16.5. The lowest BCUT2D eigenvalue weighted by Crippen LogP contribution is -2.47. The first-order valence-electron chi connectivity index (χ1n) is 10.7. The molecule has 32 heavy (non-hydrogen) atoms. The highest BCUT2D eigenvalue weighted by molar-refractivity contribution is 6.17. The van der Waals surface area contributed by atoms with Crippen LogP contribution in [-0.2, 0) is 29.5 Å². The largest absolute Gasteiger partial charge is 0.469 e. The summed E-state index contributed by atoms with van der Waals surface area (Å²) >= 11 is 0. The molecule has 0 aromatic heterocycles. The Hall–Kier alpha value is -3.24. The zero-order chi connectivity index (χ0) is 22.6. The van der Waals surface area contributed by atoms with Gasteiger partial charge >= 0.3 is 5.97 Å². The third kappa shape index (κ3) is 2.79. The Balaban J connectivity index is 1.49. The topological polar surface area (TPSA) is 128 Å². The first-order chi connectivity index (χ1) is 15.4. The van der Waals surface area contributed by atoms with Crippen LogP contribution in [0.15, 0.2) is 30.0 Å². The number of carbonyl (C=O) groups excluding carboxylic acids is 4. The quantitative estimate of drug-likeness (QED) is 0.436. The third-order valence-corrected chi connectivity index (χ3v) is 6.97. The van der Waals surface area contributed by atoms with Crippen molar-refractivity contribution in [3.8, 4) is 0 Å². The maximum absolute atomic E-state index is 13.3. The molecule has 4 aliphatic heterocycles. The van der Waals surface area contributed by atoms with E-state index in [1.165, 1.54) is 13.2 Å². The van der Waals surface area contributed by atoms with Crippen LogP contribution in [0.5, 0.6) is 0 Å². The first-order valence-corrected chi connectivity index (χ1v) is 10.7. The second kappa shape index (κ2) is 7.42. The van der Waals surface area contributed by atoms with Crippen LogP contribution < -0.4 is 10.6 Å². The van der Waals surface area contributed by atoms with Gasteiger partial charge in [-0.25, -0.2) is 0 Å². The van der Waals surface area contributed by atoms with E-state index >= 15 is 0 Å². The van der Waals surface area contributed by atoms with Gasteiger partial charge in [-0.2, -0.15) is 0 Å². The van der Waals surface area contributed by atoms with Crippen LogP contribution in [0.2, 0.25) is 0 Å². The van der Waals surface area contributed by atoms with Crippen molar-refractivity contribution >= 4 is 35.1 Å². The number of nitrogens with one attached hydrogen (secondary N) is 2. The number of hydrogen-bond donors (Lipinski definition) is 3. The summed E-state index contributed by atoms with van der Waals surface area (Å²) in [5.41, 5.74) is 1.10. The Bertz CT molecular complexity index is 1070. The van der Waals surface area contributed by atoms with E-state index in [9.17, 15) is 19.2 Å². The normalized spacial score (nSPS) is 28.8. The van der Waals surface area contributed by atoms with Crippen molar-refractivity contribution in [3.63, 3.8) is 0 Å². The number of esters is 1. The molecule has 0 aliphatic carbocycles. The fourth-order valence-electron chi connectivity index (χ4n) is 5.62. The van der Waals surface area contributed by atoms with Gasteiger partial charge in [0.2, 0.25) is 5.91 Å². The Kier molecular flexibility index (Phi) is 4.79. The molecule has 5 rings (SSSR count). The molecule has 0 bridgehead atoms. The number of ether oxygens (including phenoxy) is 1. The summed E-state index contributed by atoms with van der Waals surface area (Å²) in [6, 6.07) is 5.23. The van der Waals surface area contributed by atoms with Gasteiger partial charge in [0.05, 0.1) is 26.2 Å². The van der Waals surface area contributed by atoms with Crippen molar-refractivity contribution in [1.82, 2.24) is 9.80 Å². The third-order valence-electron chi connectivity index (χ3n) is 6.97. The van der Waals surface area contributed by atoms with E-state index in [1.807, 2.05) is 0 Å². The highest BCUT2D eigenvalue weighted by Gasteiger charge is 2.63. The van der Waals surface area contributed by atoms with Gasteiger partial charge in [0, 0.05) is 29.1 Å². The van der Waals surface area contributed by atoms with Crippen molar-refractivity contribution in [2.75, 3.05) is 37.4 Å². The summed E-state index contributed by atoms with van der Waals surface area (Å²) in [5, 5.41) is 15.0. The highest BCUT2D eigenvalue weighted by Crippen LogP contribution is 2.55. The van der Waals surface area contributed by atoms with E-state index in [1.54, 1.807) is 18.2 Å². The Morgan fingerprint density at radius 3 is 2.91 bits per heavy atom. The predicted molar refractivity (Wildman–Crippen MR) is 112 cm³/mol. The fourth-order valence-corrected chi connectivity index (χ4v) is 5.62. The summed E-state index contributed by atoms with van der Waals surface area (Å²) in [6.45, 7) is 0.319. The second-order valence-corrected chi connectivity index (χ2v) is 8.51. The fraction of sp³-hybridized carbons (Fsp3) is 0.455. The number of imide groups is 1. The molecule has 1 spiro atoms. The number of fused-ring (bicyclic) bond motifs is 4. The summed E-state index contributed by atoms with van der Waals surface area (Å²) in [4.78, 5) is 53.3. The molecule has 1 aromatic rings. The molecule has 2 fully saturated rings. The molecule has 2 saturated heterocycles. The van der Waals surface area contributed by atoms with Gasteiger partial charge in [-0.05, 0) is 44.0 Å². The lowest BCUT2D eigenvalue weighted by molar-refractivity contribution is -0.146. The van der Waals surface area contributed by atoms with E-state index < -0.39 is 17.4 Å². The minimum absolute atomic E-state index is 0.0560. The zero-order valence-electron chi connectivity index (χ0n) is 17.6. The van der Waals surface area contributed by atoms with Gasteiger partial charge in [0.15, 0.2) is 0 Å². The van der Waals surface area contributed by atoms with Crippen LogP contribution in [-0.4, -0.2) is 71.4 Å². The van der Waals surface area contributed by atoms with Gasteiger partial charge in [0.25, 0.3) is 11.8 Å². The van der Waals surface area contributed by atoms with E-state index in [2.05, 4.69) is 15.5 Å². The van der Waals surface area contributed by atoms with Crippen molar-refractivity contribution in [1.29, 1.82) is 0 Å². The monoisotopic (exact) mass is 440 g/mol. The maximum Gasteiger partial charge on any atom is 0.310 e. The predicted octanol–water partition coefficient (Wildman–Crippen LogP) is 0.148. The zero-order valence-corrected chi connectivity index (χ0v) is 17.6. The molecule has 10 heteroatoms. The smallest absolute Gasteiger partial charge is 0.310 e. The van der Waals surface area contributed by atoms with Gasteiger partial charge in [-0.1, -0.05) is 0 Å². The van der Waals surface area contributed by atoms with Crippen molar-refractivity contribution in [2.24, 2.45) is 5.92 Å². The molecular weight excluding hydrogens is 416 g/mol. The first kappa shape index (κ1) is 20.7. The van der Waals surface area contributed by atoms with Crippen molar-refractivity contribution in [3.05, 3.63) is 35.5 Å². The van der Waals surface area contributed by atoms with Gasteiger partial charge in [0.1, 0.15) is 11.2 Å². The van der Waals surface area contributed by atoms with Crippen molar-refractivity contribution in [2.45, 2.75) is 30.8 Å². The van der Waals surface area contributed by atoms with Crippen LogP contribution in [0.1, 0.15) is 24.8 Å². The standard InChI is InChI=1S/C22H24N4O6/c1-32-20(30)13-11-22(26-6-2-3-17(13)26)14-9-12(4-5-15(14)24-21(22)31)23-16-10-18(28)25(7-8-27)19(16)29/h4-5,9-10,13,17,23,27H,2-3,6-8,11H2,1H3,(H,24,31). The number of aliphatic hydroxyl groups excluding tert-OH is 1. The molecule has 3 unspecified atom stereocenters. The number of benzene rings is 1. The second-order valence-electron chi connectivity index (χ2n) is 8.51. The van der Waals surface area contributed by atoms with E-state index in [0.29, 0.717) is 24.3 Å². The number of anilines is 2. The van der Waals surface area contributed by atoms with Gasteiger partial charge in [-0.15, -0.1) is 0 Å². The lowest BCUT2D eigenvalue weighted by Gasteiger charge is -2.33. The summed E-state index contributed by atoms with van der Waals surface area (Å²) in [5.74, 6) is -1.86. The van der Waals surface area contributed by atoms with Crippen LogP contribution in [0.25, 0.3) is 0 Å². The van der Waals surface area contributed by atoms with Crippen LogP contribution in [0, 0.1) is 5.92 Å². The van der Waals surface area contributed by atoms with E-state index in [4.69, 9.17) is 9.84 Å². The molecule has 3 atom stereocenters. The Labute approximate surface area is 184 Å². The molecule has 4 heterocycles. The molecule has 4 aliphatic rings. The maximum atomic E-state index is 13.3. The van der Waals surface area contributed by atoms with Crippen LogP contribution in [0.4, 0.5) is 11.4 Å². The minimum Gasteiger partial charge on any atom is -0.469 e. The average molecular weight is 440 g/mol. The molecule has 3 amide bonds. The molecular formula is C22H24N4O6. The van der Waals surface area contributed by atoms with E-state index in [0.717, 1.165) is 23.3 Å². The number of carbonyl (C=O) groups is 4. The Morgan fingerprint density at radius 2 is 2.16 bits per heavy atom. The number of methoxy groups -OCH3 is 1. The van der Waals surface area contributed by atoms with Gasteiger partial charge in [-0.3, -0.25) is 29.0 Å². The Morgan fingerprint density at radius 1 is 1.34 bits per heavy atom. The summed E-state index contributed by atoms with van der Waals surface area (Å²) in [7, 11) is 1.37. The number of β-amino-alcohol motifs (C(OH)–C–C–N with tert-alkyl or cyclic N) is 1. The SMILES string of the molecule is COC(=O)C1CC2(C(=O)Nc3ccc(NC4=CC(=O)N(CCO)C4=O)cc32)N2CCCC12. The minimum atomic E-state index is -0.972. The molecule has 168 valence electrons.